The predicted molar refractivity (Wildman–Crippen MR) is 87.2 cm³/mol. The van der Waals surface area contributed by atoms with Crippen molar-refractivity contribution in [3.63, 3.8) is 0 Å². The summed E-state index contributed by atoms with van der Waals surface area (Å²) < 4.78 is 1.89. The van der Waals surface area contributed by atoms with Crippen LogP contribution in [0, 0.1) is 16.7 Å². The normalized spacial score (nSPS) is 11.5. The molecule has 0 aliphatic heterocycles. The molecular weight excluding hydrogens is 270 g/mol. The van der Waals surface area contributed by atoms with Crippen molar-refractivity contribution in [2.24, 2.45) is 0 Å². The molecule has 0 amide bonds. The number of pyridine rings is 1. The molecule has 3 heteroatoms. The Kier molecular flexibility index (Phi) is 2.67. The van der Waals surface area contributed by atoms with E-state index in [1.165, 1.54) is 16.3 Å². The van der Waals surface area contributed by atoms with Crippen LogP contribution in [-0.2, 0) is 6.54 Å². The van der Waals surface area contributed by atoms with Crippen LogP contribution in [0.3, 0.4) is 0 Å². The molecule has 0 radical (unpaired) electrons. The van der Waals surface area contributed by atoms with E-state index in [4.69, 9.17) is 5.41 Å². The molecule has 1 aliphatic carbocycles. The van der Waals surface area contributed by atoms with Gasteiger partial charge in [-0.2, -0.15) is 5.26 Å². The van der Waals surface area contributed by atoms with Gasteiger partial charge < -0.3 is 4.57 Å². The molecule has 0 unspecified atom stereocenters. The van der Waals surface area contributed by atoms with Gasteiger partial charge in [-0.1, -0.05) is 43.3 Å². The van der Waals surface area contributed by atoms with Crippen molar-refractivity contribution < 1.29 is 0 Å². The SMILES string of the molecule is CCCn1cc2c(c(C#N)c1=N)-c1cccc3cccc-2c13. The number of hydrogen-bond donors (Lipinski definition) is 1. The lowest BCUT2D eigenvalue weighted by Crippen LogP contribution is -2.23. The monoisotopic (exact) mass is 285 g/mol. The Labute approximate surface area is 128 Å². The summed E-state index contributed by atoms with van der Waals surface area (Å²) in [6.07, 6.45) is 2.98. The van der Waals surface area contributed by atoms with Crippen molar-refractivity contribution in [2.75, 3.05) is 0 Å². The lowest BCUT2D eigenvalue weighted by Gasteiger charge is -2.11. The Hall–Kier alpha value is -2.86. The molecule has 0 spiro atoms. The maximum absolute atomic E-state index is 9.63. The molecule has 22 heavy (non-hydrogen) atoms. The van der Waals surface area contributed by atoms with Gasteiger partial charge in [0.2, 0.25) is 0 Å². The van der Waals surface area contributed by atoms with Crippen molar-refractivity contribution >= 4 is 10.8 Å². The molecule has 2 aromatic carbocycles. The lowest BCUT2D eigenvalue weighted by molar-refractivity contribution is 0.637. The van der Waals surface area contributed by atoms with Crippen LogP contribution in [0.15, 0.2) is 42.6 Å². The number of hydrogen-bond acceptors (Lipinski definition) is 2. The van der Waals surface area contributed by atoms with E-state index in [2.05, 4.69) is 43.3 Å². The Morgan fingerprint density at radius 3 is 2.50 bits per heavy atom. The zero-order valence-electron chi connectivity index (χ0n) is 12.4. The smallest absolute Gasteiger partial charge is 0.143 e. The number of nitrogens with zero attached hydrogens (tertiary/aromatic N) is 2. The van der Waals surface area contributed by atoms with Crippen molar-refractivity contribution in [3.8, 4) is 28.3 Å². The van der Waals surface area contributed by atoms with E-state index in [1.807, 2.05) is 16.8 Å². The first-order valence-corrected chi connectivity index (χ1v) is 7.51. The molecule has 3 aromatic rings. The van der Waals surface area contributed by atoms with Crippen molar-refractivity contribution in [3.05, 3.63) is 53.6 Å². The summed E-state index contributed by atoms with van der Waals surface area (Å²) in [6, 6.07) is 14.7. The Balaban J connectivity index is 2.20. The number of nitrogens with one attached hydrogen (secondary N) is 1. The average molecular weight is 285 g/mol. The summed E-state index contributed by atoms with van der Waals surface area (Å²) in [5.74, 6) is 0. The Bertz CT molecular complexity index is 1010. The Morgan fingerprint density at radius 2 is 1.82 bits per heavy atom. The molecule has 0 saturated carbocycles. The number of aromatic nitrogens is 1. The van der Waals surface area contributed by atoms with Crippen LogP contribution in [0.25, 0.3) is 33.0 Å². The molecule has 4 rings (SSSR count). The molecule has 0 atom stereocenters. The van der Waals surface area contributed by atoms with Gasteiger partial charge in [0.1, 0.15) is 17.1 Å². The molecule has 0 fully saturated rings. The summed E-state index contributed by atoms with van der Waals surface area (Å²) in [4.78, 5) is 0. The molecule has 0 saturated heterocycles. The van der Waals surface area contributed by atoms with Gasteiger partial charge in [0, 0.05) is 23.9 Å². The van der Waals surface area contributed by atoms with Crippen molar-refractivity contribution in [1.29, 1.82) is 10.7 Å². The number of benzene rings is 2. The van der Waals surface area contributed by atoms with Gasteiger partial charge in [0.15, 0.2) is 0 Å². The number of nitriles is 1. The summed E-state index contributed by atoms with van der Waals surface area (Å²) >= 11 is 0. The number of fused-ring (bicyclic) bond motifs is 3. The molecule has 1 aromatic heterocycles. The van der Waals surface area contributed by atoms with Crippen LogP contribution in [0.4, 0.5) is 0 Å². The zero-order chi connectivity index (χ0) is 15.3. The molecular formula is C19H15N3. The largest absolute Gasteiger partial charge is 0.332 e. The standard InChI is InChI=1S/C19H15N3/c1-2-9-22-11-16-13-7-3-5-12-6-4-8-14(17(12)13)18(16)15(10-20)19(22)21/h3-8,11,21H,2,9H2,1H3. The average Bonchev–Trinajstić information content (AvgIpc) is 2.85. The second kappa shape index (κ2) is 4.57. The van der Waals surface area contributed by atoms with Gasteiger partial charge in [-0.3, -0.25) is 5.41 Å². The minimum Gasteiger partial charge on any atom is -0.332 e. The van der Waals surface area contributed by atoms with E-state index in [1.54, 1.807) is 0 Å². The Morgan fingerprint density at radius 1 is 1.09 bits per heavy atom. The maximum atomic E-state index is 9.63. The number of aryl methyl sites for hydroxylation is 1. The third-order valence-electron chi connectivity index (χ3n) is 4.37. The van der Waals surface area contributed by atoms with Gasteiger partial charge in [-0.25, -0.2) is 0 Å². The van der Waals surface area contributed by atoms with E-state index < -0.39 is 0 Å². The zero-order valence-corrected chi connectivity index (χ0v) is 12.4. The summed E-state index contributed by atoms with van der Waals surface area (Å²) in [7, 11) is 0. The highest BCUT2D eigenvalue weighted by atomic mass is 15.0. The first-order valence-electron chi connectivity index (χ1n) is 7.51. The second-order valence-corrected chi connectivity index (χ2v) is 5.66. The van der Waals surface area contributed by atoms with Crippen molar-refractivity contribution in [2.45, 2.75) is 19.9 Å². The molecule has 106 valence electrons. The highest BCUT2D eigenvalue weighted by Crippen LogP contribution is 2.47. The molecule has 1 heterocycles. The third kappa shape index (κ3) is 1.52. The fourth-order valence-electron chi connectivity index (χ4n) is 3.47. The summed E-state index contributed by atoms with van der Waals surface area (Å²) in [6.45, 7) is 2.84. The predicted octanol–water partition coefficient (Wildman–Crippen LogP) is 4.05. The van der Waals surface area contributed by atoms with Gasteiger partial charge in [0.05, 0.1) is 0 Å². The molecule has 3 nitrogen and oxygen atoms in total. The van der Waals surface area contributed by atoms with Crippen molar-refractivity contribution in [1.82, 2.24) is 4.57 Å². The maximum Gasteiger partial charge on any atom is 0.143 e. The third-order valence-corrected chi connectivity index (χ3v) is 4.37. The summed E-state index contributed by atoms with van der Waals surface area (Å²) in [5.41, 5.74) is 5.04. The minimum absolute atomic E-state index is 0.313. The minimum atomic E-state index is 0.313. The van der Waals surface area contributed by atoms with Crippen LogP contribution < -0.4 is 5.49 Å². The first-order chi connectivity index (χ1) is 10.8. The van der Waals surface area contributed by atoms with Crippen LogP contribution in [0.2, 0.25) is 0 Å². The molecule has 0 bridgehead atoms. The van der Waals surface area contributed by atoms with Gasteiger partial charge in [0.25, 0.3) is 0 Å². The summed E-state index contributed by atoms with van der Waals surface area (Å²) in [5, 5.41) is 20.4. The first kappa shape index (κ1) is 12.8. The fourth-order valence-corrected chi connectivity index (χ4v) is 3.47. The van der Waals surface area contributed by atoms with Crippen LogP contribution >= 0.6 is 0 Å². The van der Waals surface area contributed by atoms with Crippen LogP contribution in [0.1, 0.15) is 18.9 Å². The van der Waals surface area contributed by atoms with Gasteiger partial charge in [-0.05, 0) is 28.3 Å². The van der Waals surface area contributed by atoms with E-state index in [0.717, 1.165) is 29.7 Å². The van der Waals surface area contributed by atoms with E-state index >= 15 is 0 Å². The van der Waals surface area contributed by atoms with E-state index in [9.17, 15) is 5.26 Å². The fraction of sp³-hybridized carbons (Fsp3) is 0.158. The quantitative estimate of drug-likeness (QED) is 0.593. The number of rotatable bonds is 2. The molecule has 1 N–H and O–H groups in total. The van der Waals surface area contributed by atoms with Crippen LogP contribution in [-0.4, -0.2) is 4.57 Å². The highest BCUT2D eigenvalue weighted by molar-refractivity contribution is 6.15. The van der Waals surface area contributed by atoms with E-state index in [0.29, 0.717) is 11.1 Å². The molecule has 1 aliphatic rings. The lowest BCUT2D eigenvalue weighted by atomic mass is 10.0. The van der Waals surface area contributed by atoms with E-state index in [-0.39, 0.29) is 0 Å². The second-order valence-electron chi connectivity index (χ2n) is 5.66. The highest BCUT2D eigenvalue weighted by Gasteiger charge is 2.25. The van der Waals surface area contributed by atoms with Gasteiger partial charge in [-0.15, -0.1) is 0 Å². The van der Waals surface area contributed by atoms with Gasteiger partial charge >= 0.3 is 0 Å². The van der Waals surface area contributed by atoms with Crippen LogP contribution in [0.5, 0.6) is 0 Å². The topological polar surface area (TPSA) is 52.6 Å².